The van der Waals surface area contributed by atoms with E-state index in [4.69, 9.17) is 0 Å². The number of hydrogen-bond acceptors (Lipinski definition) is 2. The van der Waals surface area contributed by atoms with E-state index in [-0.39, 0.29) is 0 Å². The summed E-state index contributed by atoms with van der Waals surface area (Å²) in [7, 11) is 1.94. The minimum atomic E-state index is 0.836. The Kier molecular flexibility index (Phi) is 1.46. The number of rotatable bonds is 1. The van der Waals surface area contributed by atoms with Crippen LogP contribution in [-0.4, -0.2) is 19.3 Å². The van der Waals surface area contributed by atoms with Crippen LogP contribution in [0.5, 0.6) is 0 Å². The zero-order valence-corrected chi connectivity index (χ0v) is 7.10. The van der Waals surface area contributed by atoms with E-state index < -0.39 is 0 Å². The molecule has 0 atom stereocenters. The van der Waals surface area contributed by atoms with E-state index >= 15 is 0 Å². The largest absolute Gasteiger partial charge is 0.319 e. The van der Waals surface area contributed by atoms with Crippen LogP contribution < -0.4 is 0 Å². The second-order valence-corrected chi connectivity index (χ2v) is 2.74. The van der Waals surface area contributed by atoms with E-state index in [1.54, 1.807) is 10.9 Å². The molecule has 0 bridgehead atoms. The average molecular weight is 162 g/mol. The Bertz CT molecular complexity index is 385. The van der Waals surface area contributed by atoms with Gasteiger partial charge in [-0.05, 0) is 13.0 Å². The van der Waals surface area contributed by atoms with Crippen molar-refractivity contribution in [3.8, 4) is 5.95 Å². The maximum Gasteiger partial charge on any atom is 0.230 e. The summed E-state index contributed by atoms with van der Waals surface area (Å²) in [4.78, 5) is 4.16. The first-order chi connectivity index (χ1) is 5.77. The van der Waals surface area contributed by atoms with Crippen molar-refractivity contribution in [2.75, 3.05) is 0 Å². The first-order valence-corrected chi connectivity index (χ1v) is 3.77. The molecule has 62 valence electrons. The Balaban J connectivity index is 2.50. The van der Waals surface area contributed by atoms with E-state index in [0.717, 1.165) is 11.6 Å². The summed E-state index contributed by atoms with van der Waals surface area (Å²) in [6.45, 7) is 1.96. The molecule has 12 heavy (non-hydrogen) atoms. The lowest BCUT2D eigenvalue weighted by Crippen LogP contribution is -2.03. The molecular weight excluding hydrogens is 152 g/mol. The molecule has 2 rings (SSSR count). The van der Waals surface area contributed by atoms with Crippen LogP contribution in [-0.2, 0) is 7.05 Å². The number of imidazole rings is 1. The van der Waals surface area contributed by atoms with Gasteiger partial charge in [0.25, 0.3) is 0 Å². The van der Waals surface area contributed by atoms with Crippen LogP contribution in [0, 0.1) is 6.92 Å². The predicted molar refractivity (Wildman–Crippen MR) is 45.1 cm³/mol. The van der Waals surface area contributed by atoms with Gasteiger partial charge in [-0.3, -0.25) is 0 Å². The Morgan fingerprint density at radius 3 is 2.67 bits per heavy atom. The normalized spacial score (nSPS) is 10.5. The average Bonchev–Trinajstić information content (AvgIpc) is 2.58. The van der Waals surface area contributed by atoms with Crippen molar-refractivity contribution < 1.29 is 0 Å². The van der Waals surface area contributed by atoms with Crippen molar-refractivity contribution >= 4 is 0 Å². The molecule has 0 amide bonds. The van der Waals surface area contributed by atoms with Gasteiger partial charge in [0.15, 0.2) is 0 Å². The van der Waals surface area contributed by atoms with Crippen molar-refractivity contribution in [2.45, 2.75) is 6.92 Å². The van der Waals surface area contributed by atoms with Gasteiger partial charge < -0.3 is 4.57 Å². The quantitative estimate of drug-likeness (QED) is 0.625. The summed E-state index contributed by atoms with van der Waals surface area (Å²) in [5, 5.41) is 4.25. The van der Waals surface area contributed by atoms with Gasteiger partial charge in [-0.1, -0.05) is 0 Å². The highest BCUT2D eigenvalue weighted by atomic mass is 15.4. The predicted octanol–water partition coefficient (Wildman–Crippen LogP) is 0.914. The van der Waals surface area contributed by atoms with Crippen molar-refractivity contribution in [3.05, 3.63) is 30.4 Å². The molecule has 4 heteroatoms. The fraction of sp³-hybridized carbons (Fsp3) is 0.250. The lowest BCUT2D eigenvalue weighted by molar-refractivity contribution is 0.743. The summed E-state index contributed by atoms with van der Waals surface area (Å²) in [6.07, 6.45) is 5.55. The zero-order chi connectivity index (χ0) is 8.55. The topological polar surface area (TPSA) is 35.6 Å². The maximum atomic E-state index is 4.25. The Morgan fingerprint density at radius 2 is 2.17 bits per heavy atom. The van der Waals surface area contributed by atoms with E-state index in [1.807, 2.05) is 37.0 Å². The molecule has 0 radical (unpaired) electrons. The van der Waals surface area contributed by atoms with E-state index in [2.05, 4.69) is 10.1 Å². The summed E-state index contributed by atoms with van der Waals surface area (Å²) in [5.41, 5.74) is 0.998. The molecule has 0 aliphatic carbocycles. The number of aryl methyl sites for hydroxylation is 2. The van der Waals surface area contributed by atoms with Crippen molar-refractivity contribution in [1.29, 1.82) is 0 Å². The highest BCUT2D eigenvalue weighted by Crippen LogP contribution is 2.02. The highest BCUT2D eigenvalue weighted by Gasteiger charge is 2.01. The third-order valence-electron chi connectivity index (χ3n) is 1.72. The summed E-state index contributed by atoms with van der Waals surface area (Å²) < 4.78 is 3.68. The number of aromatic nitrogens is 4. The van der Waals surface area contributed by atoms with Gasteiger partial charge in [0.05, 0.1) is 5.69 Å². The van der Waals surface area contributed by atoms with Crippen LogP contribution in [0.1, 0.15) is 5.69 Å². The van der Waals surface area contributed by atoms with Crippen LogP contribution >= 0.6 is 0 Å². The van der Waals surface area contributed by atoms with Crippen molar-refractivity contribution in [2.24, 2.45) is 7.05 Å². The van der Waals surface area contributed by atoms with Crippen LogP contribution in [0.2, 0.25) is 0 Å². The molecule has 0 aliphatic rings. The second-order valence-electron chi connectivity index (χ2n) is 2.74. The Morgan fingerprint density at radius 1 is 1.33 bits per heavy atom. The van der Waals surface area contributed by atoms with Gasteiger partial charge in [0.2, 0.25) is 5.95 Å². The van der Waals surface area contributed by atoms with E-state index in [0.29, 0.717) is 0 Å². The Labute approximate surface area is 70.5 Å². The zero-order valence-electron chi connectivity index (χ0n) is 7.10. The van der Waals surface area contributed by atoms with E-state index in [9.17, 15) is 0 Å². The number of nitrogens with zero attached hydrogens (tertiary/aromatic N) is 4. The molecule has 0 fully saturated rings. The first kappa shape index (κ1) is 7.09. The minimum absolute atomic E-state index is 0.836. The van der Waals surface area contributed by atoms with E-state index in [1.165, 1.54) is 0 Å². The van der Waals surface area contributed by atoms with Crippen LogP contribution in [0.3, 0.4) is 0 Å². The molecule has 0 saturated carbocycles. The molecule has 0 aromatic carbocycles. The fourth-order valence-electron chi connectivity index (χ4n) is 1.10. The SMILES string of the molecule is Cc1ccn(-c2nccn2C)n1. The standard InChI is InChI=1S/C8H10N4/c1-7-3-5-12(10-7)8-9-4-6-11(8)2/h3-6H,1-2H3. The van der Waals surface area contributed by atoms with Gasteiger partial charge in [-0.25, -0.2) is 9.67 Å². The second kappa shape index (κ2) is 2.48. The summed E-state index contributed by atoms with van der Waals surface area (Å²) >= 11 is 0. The molecule has 2 aromatic rings. The summed E-state index contributed by atoms with van der Waals surface area (Å²) in [6, 6.07) is 1.95. The smallest absolute Gasteiger partial charge is 0.230 e. The Hall–Kier alpha value is -1.58. The van der Waals surface area contributed by atoms with Crippen LogP contribution in [0.4, 0.5) is 0 Å². The fourth-order valence-corrected chi connectivity index (χ4v) is 1.10. The third-order valence-corrected chi connectivity index (χ3v) is 1.72. The molecule has 2 aromatic heterocycles. The molecule has 0 spiro atoms. The maximum absolute atomic E-state index is 4.25. The number of hydrogen-bond donors (Lipinski definition) is 0. The van der Waals surface area contributed by atoms with Crippen LogP contribution in [0.25, 0.3) is 5.95 Å². The lowest BCUT2D eigenvalue weighted by atomic mass is 10.5. The van der Waals surface area contributed by atoms with Gasteiger partial charge in [0, 0.05) is 25.6 Å². The van der Waals surface area contributed by atoms with Crippen molar-refractivity contribution in [1.82, 2.24) is 19.3 Å². The van der Waals surface area contributed by atoms with Gasteiger partial charge in [0.1, 0.15) is 0 Å². The molecule has 0 aliphatic heterocycles. The van der Waals surface area contributed by atoms with Gasteiger partial charge >= 0.3 is 0 Å². The third kappa shape index (κ3) is 1.01. The van der Waals surface area contributed by atoms with Crippen LogP contribution in [0.15, 0.2) is 24.7 Å². The molecular formula is C8H10N4. The molecule has 0 N–H and O–H groups in total. The monoisotopic (exact) mass is 162 g/mol. The van der Waals surface area contributed by atoms with Gasteiger partial charge in [-0.15, -0.1) is 0 Å². The molecule has 2 heterocycles. The summed E-state index contributed by atoms with van der Waals surface area (Å²) in [5.74, 6) is 0.836. The van der Waals surface area contributed by atoms with Crippen molar-refractivity contribution in [3.63, 3.8) is 0 Å². The first-order valence-electron chi connectivity index (χ1n) is 3.77. The molecule has 0 unspecified atom stereocenters. The van der Waals surface area contributed by atoms with Gasteiger partial charge in [-0.2, -0.15) is 5.10 Å². The highest BCUT2D eigenvalue weighted by molar-refractivity contribution is 5.12. The minimum Gasteiger partial charge on any atom is -0.319 e. The lowest BCUT2D eigenvalue weighted by Gasteiger charge is -1.99. The molecule has 4 nitrogen and oxygen atoms in total. The molecule has 0 saturated heterocycles.